The molecule has 0 aromatic carbocycles. The topological polar surface area (TPSA) is 12.5 Å². The SMILES string of the molecule is C=CCC.CC1CCC2(C)OC2C1. The first-order valence-electron chi connectivity index (χ1n) is 5.41. The molecule has 1 aliphatic carbocycles. The van der Waals surface area contributed by atoms with Crippen LogP contribution in [0.2, 0.25) is 0 Å². The normalized spacial score (nSPS) is 41.2. The summed E-state index contributed by atoms with van der Waals surface area (Å²) in [7, 11) is 0. The van der Waals surface area contributed by atoms with Crippen molar-refractivity contribution >= 4 is 0 Å². The van der Waals surface area contributed by atoms with Crippen LogP contribution in [0.1, 0.15) is 46.5 Å². The average Bonchev–Trinajstić information content (AvgIpc) is 2.77. The quantitative estimate of drug-likeness (QED) is 0.446. The number of epoxide rings is 1. The average molecular weight is 182 g/mol. The Morgan fingerprint density at radius 1 is 1.62 bits per heavy atom. The second-order valence-electron chi connectivity index (χ2n) is 4.50. The third kappa shape index (κ3) is 2.84. The molecule has 2 aliphatic rings. The maximum Gasteiger partial charge on any atom is 0.0920 e. The van der Waals surface area contributed by atoms with Crippen LogP contribution in [0.15, 0.2) is 12.7 Å². The van der Waals surface area contributed by atoms with Gasteiger partial charge in [-0.25, -0.2) is 0 Å². The maximum absolute atomic E-state index is 5.54. The highest BCUT2D eigenvalue weighted by Gasteiger charge is 2.54. The van der Waals surface area contributed by atoms with E-state index in [1.165, 1.54) is 19.3 Å². The first-order valence-corrected chi connectivity index (χ1v) is 5.41. The van der Waals surface area contributed by atoms with E-state index in [9.17, 15) is 0 Å². The molecule has 3 atom stereocenters. The van der Waals surface area contributed by atoms with Crippen LogP contribution < -0.4 is 0 Å². The van der Waals surface area contributed by atoms with Crippen molar-refractivity contribution in [1.29, 1.82) is 0 Å². The van der Waals surface area contributed by atoms with Crippen LogP contribution in [0.4, 0.5) is 0 Å². The fourth-order valence-electron chi connectivity index (χ4n) is 1.82. The van der Waals surface area contributed by atoms with Gasteiger partial charge in [0.1, 0.15) is 0 Å². The summed E-state index contributed by atoms with van der Waals surface area (Å²) in [6.07, 6.45) is 7.55. The van der Waals surface area contributed by atoms with E-state index in [-0.39, 0.29) is 0 Å². The van der Waals surface area contributed by atoms with E-state index in [1.807, 2.05) is 6.08 Å². The van der Waals surface area contributed by atoms with E-state index in [1.54, 1.807) is 0 Å². The molecule has 1 saturated carbocycles. The van der Waals surface area contributed by atoms with E-state index in [0.717, 1.165) is 12.3 Å². The smallest absolute Gasteiger partial charge is 0.0920 e. The summed E-state index contributed by atoms with van der Waals surface area (Å²) in [6.45, 7) is 10.1. The molecule has 1 aliphatic heterocycles. The molecule has 76 valence electrons. The summed E-state index contributed by atoms with van der Waals surface area (Å²) in [5.74, 6) is 0.908. The number of hydrogen-bond acceptors (Lipinski definition) is 1. The van der Waals surface area contributed by atoms with Crippen LogP contribution in [0, 0.1) is 5.92 Å². The predicted molar refractivity (Wildman–Crippen MR) is 56.8 cm³/mol. The van der Waals surface area contributed by atoms with Crippen molar-refractivity contribution in [3.63, 3.8) is 0 Å². The van der Waals surface area contributed by atoms with Crippen LogP contribution in [0.3, 0.4) is 0 Å². The van der Waals surface area contributed by atoms with E-state index in [0.29, 0.717) is 11.7 Å². The molecule has 0 spiro atoms. The molecule has 0 radical (unpaired) electrons. The molecule has 0 N–H and O–H groups in total. The molecule has 2 rings (SSSR count). The molecule has 0 amide bonds. The molecule has 0 aromatic rings. The Kier molecular flexibility index (Phi) is 3.55. The number of ether oxygens (including phenoxy) is 1. The maximum atomic E-state index is 5.54. The largest absolute Gasteiger partial charge is 0.366 e. The molecule has 0 bridgehead atoms. The monoisotopic (exact) mass is 182 g/mol. The van der Waals surface area contributed by atoms with Gasteiger partial charge >= 0.3 is 0 Å². The predicted octanol–water partition coefficient (Wildman–Crippen LogP) is 3.55. The molecular formula is C12H22O. The number of hydrogen-bond donors (Lipinski definition) is 0. The standard InChI is InChI=1S/C8H14O.C4H8/c1-6-3-4-8(2)7(5-6)9-8;1-3-4-2/h6-7H,3-5H2,1-2H3;3H,1,4H2,2H3. The molecule has 2 fully saturated rings. The van der Waals surface area contributed by atoms with Crippen LogP contribution in [0.5, 0.6) is 0 Å². The Balaban J connectivity index is 0.000000184. The van der Waals surface area contributed by atoms with Gasteiger partial charge in [0, 0.05) is 0 Å². The van der Waals surface area contributed by atoms with Crippen molar-refractivity contribution in [2.45, 2.75) is 58.2 Å². The molecule has 1 nitrogen and oxygen atoms in total. The second kappa shape index (κ2) is 4.28. The van der Waals surface area contributed by atoms with Crippen LogP contribution in [-0.2, 0) is 4.74 Å². The Labute approximate surface area is 82.2 Å². The number of fused-ring (bicyclic) bond motifs is 1. The first kappa shape index (κ1) is 10.8. The minimum atomic E-state index is 0.326. The lowest BCUT2D eigenvalue weighted by molar-refractivity contribution is 0.302. The lowest BCUT2D eigenvalue weighted by atomic mass is 9.84. The summed E-state index contributed by atoms with van der Waals surface area (Å²) in [4.78, 5) is 0. The zero-order valence-corrected chi connectivity index (χ0v) is 9.18. The fourth-order valence-corrected chi connectivity index (χ4v) is 1.82. The highest BCUT2D eigenvalue weighted by molar-refractivity contribution is 5.02. The molecule has 1 heteroatoms. The summed E-state index contributed by atoms with van der Waals surface area (Å²) in [5.41, 5.74) is 0.326. The Hall–Kier alpha value is -0.300. The van der Waals surface area contributed by atoms with Gasteiger partial charge < -0.3 is 4.74 Å². The van der Waals surface area contributed by atoms with E-state index in [2.05, 4.69) is 27.4 Å². The number of rotatable bonds is 1. The van der Waals surface area contributed by atoms with Crippen molar-refractivity contribution in [2.75, 3.05) is 0 Å². The number of allylic oxidation sites excluding steroid dienone is 1. The van der Waals surface area contributed by atoms with Crippen LogP contribution >= 0.6 is 0 Å². The van der Waals surface area contributed by atoms with Gasteiger partial charge in [0.2, 0.25) is 0 Å². The van der Waals surface area contributed by atoms with Gasteiger partial charge in [-0.1, -0.05) is 19.9 Å². The van der Waals surface area contributed by atoms with E-state index in [4.69, 9.17) is 4.74 Å². The highest BCUT2D eigenvalue weighted by Crippen LogP contribution is 2.48. The first-order chi connectivity index (χ1) is 6.12. The molecule has 13 heavy (non-hydrogen) atoms. The van der Waals surface area contributed by atoms with Crippen LogP contribution in [0.25, 0.3) is 0 Å². The summed E-state index contributed by atoms with van der Waals surface area (Å²) < 4.78 is 5.54. The lowest BCUT2D eigenvalue weighted by Gasteiger charge is -2.17. The van der Waals surface area contributed by atoms with Gasteiger partial charge in [0.05, 0.1) is 11.7 Å². The zero-order chi connectivity index (χ0) is 9.90. The molecule has 0 aromatic heterocycles. The molecular weight excluding hydrogens is 160 g/mol. The second-order valence-corrected chi connectivity index (χ2v) is 4.50. The molecule has 3 unspecified atom stereocenters. The van der Waals surface area contributed by atoms with Crippen molar-refractivity contribution in [3.8, 4) is 0 Å². The third-order valence-corrected chi connectivity index (χ3v) is 3.07. The lowest BCUT2D eigenvalue weighted by Crippen LogP contribution is -2.19. The van der Waals surface area contributed by atoms with Gasteiger partial charge in [-0.05, 0) is 38.5 Å². The van der Waals surface area contributed by atoms with Gasteiger partial charge in [-0.3, -0.25) is 0 Å². The van der Waals surface area contributed by atoms with Gasteiger partial charge in [0.25, 0.3) is 0 Å². The van der Waals surface area contributed by atoms with E-state index < -0.39 is 0 Å². The zero-order valence-electron chi connectivity index (χ0n) is 9.18. The Bertz CT molecular complexity index is 176. The fraction of sp³-hybridized carbons (Fsp3) is 0.833. The third-order valence-electron chi connectivity index (χ3n) is 3.07. The summed E-state index contributed by atoms with van der Waals surface area (Å²) >= 11 is 0. The van der Waals surface area contributed by atoms with Gasteiger partial charge in [-0.2, -0.15) is 0 Å². The van der Waals surface area contributed by atoms with Crippen molar-refractivity contribution < 1.29 is 4.74 Å². The van der Waals surface area contributed by atoms with Crippen molar-refractivity contribution in [2.24, 2.45) is 5.92 Å². The van der Waals surface area contributed by atoms with Gasteiger partial charge in [-0.15, -0.1) is 6.58 Å². The Morgan fingerprint density at radius 3 is 2.62 bits per heavy atom. The molecule has 1 heterocycles. The summed E-state index contributed by atoms with van der Waals surface area (Å²) in [5, 5.41) is 0. The highest BCUT2D eigenvalue weighted by atomic mass is 16.6. The Morgan fingerprint density at radius 2 is 2.23 bits per heavy atom. The van der Waals surface area contributed by atoms with E-state index >= 15 is 0 Å². The van der Waals surface area contributed by atoms with Crippen molar-refractivity contribution in [3.05, 3.63) is 12.7 Å². The molecule has 1 saturated heterocycles. The minimum absolute atomic E-state index is 0.326. The minimum Gasteiger partial charge on any atom is -0.366 e. The van der Waals surface area contributed by atoms with Crippen molar-refractivity contribution in [1.82, 2.24) is 0 Å². The summed E-state index contributed by atoms with van der Waals surface area (Å²) in [6, 6.07) is 0. The van der Waals surface area contributed by atoms with Crippen LogP contribution in [-0.4, -0.2) is 11.7 Å². The van der Waals surface area contributed by atoms with Gasteiger partial charge in [0.15, 0.2) is 0 Å².